The number of nitrogens with two attached hydrogens (primary N) is 1. The minimum atomic E-state index is -0.0862. The number of pyridine rings is 1. The Bertz CT molecular complexity index is 453. The monoisotopic (exact) mass is 262 g/mol. The standard InChI is InChI=1S/C14H22N4O/c1-18(2)13(19)12-9-11(5-8-16-12)17-14(10-15)6-3-4-7-14/h5,8-9H,3-4,6-7,10,15H2,1-2H3,(H,16,17). The smallest absolute Gasteiger partial charge is 0.272 e. The molecule has 2 rings (SSSR count). The van der Waals surface area contributed by atoms with E-state index >= 15 is 0 Å². The highest BCUT2D eigenvalue weighted by atomic mass is 16.2. The number of amides is 1. The lowest BCUT2D eigenvalue weighted by Gasteiger charge is -2.30. The molecule has 1 heterocycles. The van der Waals surface area contributed by atoms with Gasteiger partial charge in [0, 0.05) is 38.1 Å². The van der Waals surface area contributed by atoms with E-state index < -0.39 is 0 Å². The van der Waals surface area contributed by atoms with Crippen molar-refractivity contribution in [3.05, 3.63) is 24.0 Å². The molecule has 1 aromatic rings. The van der Waals surface area contributed by atoms with Crippen LogP contribution in [0.15, 0.2) is 18.3 Å². The Kier molecular flexibility index (Phi) is 4.04. The molecule has 1 fully saturated rings. The molecule has 3 N–H and O–H groups in total. The molecule has 5 heteroatoms. The largest absolute Gasteiger partial charge is 0.378 e. The molecule has 19 heavy (non-hydrogen) atoms. The molecule has 5 nitrogen and oxygen atoms in total. The van der Waals surface area contributed by atoms with Crippen LogP contribution in [0.1, 0.15) is 36.2 Å². The second-order valence-electron chi connectivity index (χ2n) is 5.45. The van der Waals surface area contributed by atoms with Crippen LogP contribution < -0.4 is 11.1 Å². The molecule has 0 saturated heterocycles. The first-order valence-corrected chi connectivity index (χ1v) is 6.72. The van der Waals surface area contributed by atoms with E-state index in [0.717, 1.165) is 18.5 Å². The fourth-order valence-electron chi connectivity index (χ4n) is 2.59. The third kappa shape index (κ3) is 3.04. The van der Waals surface area contributed by atoms with Gasteiger partial charge in [0.2, 0.25) is 0 Å². The molecule has 1 aliphatic carbocycles. The number of carbonyl (C=O) groups excluding carboxylic acids is 1. The number of aromatic nitrogens is 1. The Morgan fingerprint density at radius 1 is 1.47 bits per heavy atom. The van der Waals surface area contributed by atoms with Gasteiger partial charge in [-0.15, -0.1) is 0 Å². The average Bonchev–Trinajstić information content (AvgIpc) is 2.87. The fourth-order valence-corrected chi connectivity index (χ4v) is 2.59. The van der Waals surface area contributed by atoms with Crippen LogP contribution in [0.25, 0.3) is 0 Å². The van der Waals surface area contributed by atoms with Gasteiger partial charge in [-0.2, -0.15) is 0 Å². The van der Waals surface area contributed by atoms with Crippen LogP contribution in [0.2, 0.25) is 0 Å². The zero-order chi connectivity index (χ0) is 13.9. The fraction of sp³-hybridized carbons (Fsp3) is 0.571. The summed E-state index contributed by atoms with van der Waals surface area (Å²) >= 11 is 0. The summed E-state index contributed by atoms with van der Waals surface area (Å²) in [5, 5.41) is 3.50. The molecule has 1 aliphatic rings. The van der Waals surface area contributed by atoms with Gasteiger partial charge in [0.05, 0.1) is 0 Å². The van der Waals surface area contributed by atoms with Gasteiger partial charge in [0.1, 0.15) is 5.69 Å². The molecule has 0 unspecified atom stereocenters. The second kappa shape index (κ2) is 5.57. The van der Waals surface area contributed by atoms with Gasteiger partial charge in [0.15, 0.2) is 0 Å². The van der Waals surface area contributed by atoms with Crippen LogP contribution in [0, 0.1) is 0 Å². The van der Waals surface area contributed by atoms with Gasteiger partial charge >= 0.3 is 0 Å². The maximum Gasteiger partial charge on any atom is 0.272 e. The molecule has 0 atom stereocenters. The Hall–Kier alpha value is -1.62. The number of anilines is 1. The summed E-state index contributed by atoms with van der Waals surface area (Å²) < 4.78 is 0. The van der Waals surface area contributed by atoms with Gasteiger partial charge in [-0.25, -0.2) is 0 Å². The first kappa shape index (κ1) is 13.8. The van der Waals surface area contributed by atoms with Crippen molar-refractivity contribution >= 4 is 11.6 Å². The highest BCUT2D eigenvalue weighted by Crippen LogP contribution is 2.32. The SMILES string of the molecule is CN(C)C(=O)c1cc(NC2(CN)CCCC2)ccn1. The number of nitrogens with one attached hydrogen (secondary N) is 1. The van der Waals surface area contributed by atoms with Crippen molar-refractivity contribution < 1.29 is 4.79 Å². The molecular formula is C14H22N4O. The van der Waals surface area contributed by atoms with Crippen molar-refractivity contribution in [2.45, 2.75) is 31.2 Å². The second-order valence-corrected chi connectivity index (χ2v) is 5.45. The Labute approximate surface area is 114 Å². The molecule has 0 aromatic carbocycles. The molecular weight excluding hydrogens is 240 g/mol. The molecule has 0 aliphatic heterocycles. The van der Waals surface area contributed by atoms with Gasteiger partial charge in [-0.3, -0.25) is 9.78 Å². The van der Waals surface area contributed by atoms with Crippen LogP contribution in [-0.2, 0) is 0 Å². The molecule has 0 spiro atoms. The summed E-state index contributed by atoms with van der Waals surface area (Å²) in [5.74, 6) is -0.0862. The predicted octanol–water partition coefficient (Wildman–Crippen LogP) is 1.47. The quantitative estimate of drug-likeness (QED) is 0.862. The van der Waals surface area contributed by atoms with E-state index in [1.165, 1.54) is 17.7 Å². The average molecular weight is 262 g/mol. The topological polar surface area (TPSA) is 71.2 Å². The summed E-state index contributed by atoms with van der Waals surface area (Å²) in [6.07, 6.45) is 6.25. The van der Waals surface area contributed by atoms with E-state index in [4.69, 9.17) is 5.73 Å². The summed E-state index contributed by atoms with van der Waals surface area (Å²) in [6, 6.07) is 3.69. The maximum atomic E-state index is 11.9. The van der Waals surface area contributed by atoms with Crippen LogP contribution in [-0.4, -0.2) is 42.0 Å². The minimum Gasteiger partial charge on any atom is -0.378 e. The van der Waals surface area contributed by atoms with Gasteiger partial charge in [-0.1, -0.05) is 12.8 Å². The number of carbonyl (C=O) groups is 1. The number of rotatable bonds is 4. The Morgan fingerprint density at radius 3 is 2.74 bits per heavy atom. The van der Waals surface area contributed by atoms with Crippen LogP contribution in [0.5, 0.6) is 0 Å². The van der Waals surface area contributed by atoms with E-state index in [1.54, 1.807) is 26.4 Å². The van der Waals surface area contributed by atoms with E-state index in [9.17, 15) is 4.79 Å². The van der Waals surface area contributed by atoms with Crippen LogP contribution in [0.4, 0.5) is 5.69 Å². The lowest BCUT2D eigenvalue weighted by molar-refractivity contribution is 0.0822. The van der Waals surface area contributed by atoms with E-state index in [0.29, 0.717) is 12.2 Å². The zero-order valence-corrected chi connectivity index (χ0v) is 11.6. The minimum absolute atomic E-state index is 0.0141. The predicted molar refractivity (Wildman–Crippen MR) is 76.1 cm³/mol. The molecule has 1 amide bonds. The molecule has 0 bridgehead atoms. The Balaban J connectivity index is 2.17. The summed E-state index contributed by atoms with van der Waals surface area (Å²) in [4.78, 5) is 17.5. The van der Waals surface area contributed by atoms with Crippen molar-refractivity contribution in [3.63, 3.8) is 0 Å². The van der Waals surface area contributed by atoms with Crippen molar-refractivity contribution in [1.82, 2.24) is 9.88 Å². The number of hydrogen-bond donors (Lipinski definition) is 2. The Morgan fingerprint density at radius 2 is 2.16 bits per heavy atom. The molecule has 1 aromatic heterocycles. The van der Waals surface area contributed by atoms with E-state index in [1.807, 2.05) is 6.07 Å². The first-order valence-electron chi connectivity index (χ1n) is 6.72. The summed E-state index contributed by atoms with van der Waals surface area (Å²) in [7, 11) is 3.45. The van der Waals surface area contributed by atoms with Gasteiger partial charge in [-0.05, 0) is 25.0 Å². The van der Waals surface area contributed by atoms with Crippen LogP contribution in [0.3, 0.4) is 0 Å². The highest BCUT2D eigenvalue weighted by molar-refractivity contribution is 5.92. The normalized spacial score (nSPS) is 17.2. The summed E-state index contributed by atoms with van der Waals surface area (Å²) in [6.45, 7) is 0.617. The maximum absolute atomic E-state index is 11.9. The number of hydrogen-bond acceptors (Lipinski definition) is 4. The summed E-state index contributed by atoms with van der Waals surface area (Å²) in [5.41, 5.74) is 7.28. The third-order valence-corrected chi connectivity index (χ3v) is 3.75. The third-order valence-electron chi connectivity index (χ3n) is 3.75. The lowest BCUT2D eigenvalue weighted by Crippen LogP contribution is -2.42. The van der Waals surface area contributed by atoms with Gasteiger partial charge in [0.25, 0.3) is 5.91 Å². The lowest BCUT2D eigenvalue weighted by atomic mass is 9.97. The first-order chi connectivity index (χ1) is 9.06. The van der Waals surface area contributed by atoms with E-state index in [-0.39, 0.29) is 11.4 Å². The van der Waals surface area contributed by atoms with Crippen molar-refractivity contribution in [2.24, 2.45) is 5.73 Å². The van der Waals surface area contributed by atoms with Crippen molar-refractivity contribution in [2.75, 3.05) is 26.0 Å². The molecule has 1 saturated carbocycles. The van der Waals surface area contributed by atoms with Gasteiger partial charge < -0.3 is 16.0 Å². The highest BCUT2D eigenvalue weighted by Gasteiger charge is 2.32. The molecule has 104 valence electrons. The van der Waals surface area contributed by atoms with E-state index in [2.05, 4.69) is 10.3 Å². The van der Waals surface area contributed by atoms with Crippen molar-refractivity contribution in [1.29, 1.82) is 0 Å². The number of nitrogens with zero attached hydrogens (tertiary/aromatic N) is 2. The van der Waals surface area contributed by atoms with Crippen molar-refractivity contribution in [3.8, 4) is 0 Å². The zero-order valence-electron chi connectivity index (χ0n) is 11.6. The van der Waals surface area contributed by atoms with Crippen LogP contribution >= 0.6 is 0 Å². The molecule has 0 radical (unpaired) electrons.